The number of carbonyl (C=O) groups excluding carboxylic acids is 1. The van der Waals surface area contributed by atoms with Crippen LogP contribution in [0.2, 0.25) is 0 Å². The predicted molar refractivity (Wildman–Crippen MR) is 71.1 cm³/mol. The number of hydrogen-bond acceptors (Lipinski definition) is 3. The predicted octanol–water partition coefficient (Wildman–Crippen LogP) is 1.33. The van der Waals surface area contributed by atoms with Crippen molar-refractivity contribution in [3.05, 3.63) is 0 Å². The SMILES string of the molecule is CCN(CCCN(C)C)C(=O)N(CC(=O)O)CC(F)(F)F. The molecule has 0 aliphatic rings. The Kier molecular flexibility index (Phi) is 8.08. The maximum absolute atomic E-state index is 12.4. The van der Waals surface area contributed by atoms with E-state index in [2.05, 4.69) is 0 Å². The van der Waals surface area contributed by atoms with E-state index < -0.39 is 31.3 Å². The second kappa shape index (κ2) is 8.71. The van der Waals surface area contributed by atoms with Crippen molar-refractivity contribution in [2.24, 2.45) is 0 Å². The van der Waals surface area contributed by atoms with Crippen molar-refractivity contribution >= 4 is 12.0 Å². The van der Waals surface area contributed by atoms with Crippen molar-refractivity contribution in [2.45, 2.75) is 19.5 Å². The van der Waals surface area contributed by atoms with Crippen LogP contribution >= 0.6 is 0 Å². The molecular weight excluding hydrogens is 291 g/mol. The Morgan fingerprint density at radius 1 is 1.10 bits per heavy atom. The van der Waals surface area contributed by atoms with Gasteiger partial charge in [-0.2, -0.15) is 13.2 Å². The maximum atomic E-state index is 12.4. The van der Waals surface area contributed by atoms with Gasteiger partial charge >= 0.3 is 18.2 Å². The molecule has 6 nitrogen and oxygen atoms in total. The number of carbonyl (C=O) groups is 2. The second-order valence-corrected chi connectivity index (χ2v) is 4.88. The van der Waals surface area contributed by atoms with E-state index >= 15 is 0 Å². The third-order valence-electron chi connectivity index (χ3n) is 2.65. The molecule has 0 bridgehead atoms. The molecule has 0 rings (SSSR count). The van der Waals surface area contributed by atoms with Crippen molar-refractivity contribution in [2.75, 3.05) is 46.8 Å². The molecule has 0 aromatic heterocycles. The lowest BCUT2D eigenvalue weighted by Gasteiger charge is -2.29. The zero-order valence-corrected chi connectivity index (χ0v) is 12.5. The standard InChI is InChI=1S/C12H22F3N3O3/c1-4-17(7-5-6-16(2)3)11(21)18(8-10(19)20)9-12(13,14)15/h4-9H2,1-3H3,(H,19,20). The van der Waals surface area contributed by atoms with Gasteiger partial charge in [0.1, 0.15) is 13.1 Å². The van der Waals surface area contributed by atoms with Crippen LogP contribution in [0.1, 0.15) is 13.3 Å². The lowest BCUT2D eigenvalue weighted by Crippen LogP contribution is -2.49. The molecule has 0 atom stereocenters. The molecule has 9 heteroatoms. The minimum atomic E-state index is -4.63. The van der Waals surface area contributed by atoms with Crippen LogP contribution in [-0.2, 0) is 4.79 Å². The molecule has 0 aromatic carbocycles. The topological polar surface area (TPSA) is 64.1 Å². The number of nitrogens with zero attached hydrogens (tertiary/aromatic N) is 3. The van der Waals surface area contributed by atoms with Gasteiger partial charge in [-0.05, 0) is 34.0 Å². The lowest BCUT2D eigenvalue weighted by molar-refractivity contribution is -0.149. The summed E-state index contributed by atoms with van der Waals surface area (Å²) in [5, 5.41) is 8.65. The highest BCUT2D eigenvalue weighted by Crippen LogP contribution is 2.17. The zero-order valence-electron chi connectivity index (χ0n) is 12.5. The van der Waals surface area contributed by atoms with E-state index in [0.29, 0.717) is 17.9 Å². The first-order valence-electron chi connectivity index (χ1n) is 6.54. The van der Waals surface area contributed by atoms with Gasteiger partial charge in [-0.3, -0.25) is 4.79 Å². The van der Waals surface area contributed by atoms with Gasteiger partial charge in [0.05, 0.1) is 0 Å². The van der Waals surface area contributed by atoms with Crippen LogP contribution < -0.4 is 0 Å². The van der Waals surface area contributed by atoms with Crippen LogP contribution in [-0.4, -0.2) is 84.8 Å². The summed E-state index contributed by atoms with van der Waals surface area (Å²) in [5.41, 5.74) is 0. The van der Waals surface area contributed by atoms with E-state index in [-0.39, 0.29) is 13.1 Å². The first-order chi connectivity index (χ1) is 9.56. The summed E-state index contributed by atoms with van der Waals surface area (Å²) < 4.78 is 37.3. The van der Waals surface area contributed by atoms with E-state index in [9.17, 15) is 22.8 Å². The molecular formula is C12H22F3N3O3. The molecule has 0 heterocycles. The van der Waals surface area contributed by atoms with E-state index in [1.165, 1.54) is 4.90 Å². The van der Waals surface area contributed by atoms with E-state index in [1.807, 2.05) is 19.0 Å². The largest absolute Gasteiger partial charge is 0.480 e. The van der Waals surface area contributed by atoms with Gasteiger partial charge in [-0.15, -0.1) is 0 Å². The van der Waals surface area contributed by atoms with Crippen molar-refractivity contribution in [3.63, 3.8) is 0 Å². The fourth-order valence-corrected chi connectivity index (χ4v) is 1.74. The highest BCUT2D eigenvalue weighted by Gasteiger charge is 2.35. The number of amides is 2. The van der Waals surface area contributed by atoms with E-state index in [1.54, 1.807) is 6.92 Å². The molecule has 1 N–H and O–H groups in total. The van der Waals surface area contributed by atoms with Gasteiger partial charge < -0.3 is 19.8 Å². The van der Waals surface area contributed by atoms with Crippen LogP contribution in [0.25, 0.3) is 0 Å². The summed E-state index contributed by atoms with van der Waals surface area (Å²) >= 11 is 0. The summed E-state index contributed by atoms with van der Waals surface area (Å²) in [6.45, 7) is 0.286. The lowest BCUT2D eigenvalue weighted by atomic mass is 10.3. The number of carboxylic acid groups (broad SMARTS) is 1. The first-order valence-corrected chi connectivity index (χ1v) is 6.54. The Balaban J connectivity index is 4.75. The number of rotatable bonds is 8. The maximum Gasteiger partial charge on any atom is 0.406 e. The molecule has 0 aliphatic carbocycles. The highest BCUT2D eigenvalue weighted by atomic mass is 19.4. The van der Waals surface area contributed by atoms with E-state index in [0.717, 1.165) is 0 Å². The Labute approximate surface area is 122 Å². The Hall–Kier alpha value is -1.51. The Bertz CT molecular complexity index is 348. The van der Waals surface area contributed by atoms with E-state index in [4.69, 9.17) is 5.11 Å². The van der Waals surface area contributed by atoms with Crippen LogP contribution in [0.3, 0.4) is 0 Å². The molecule has 0 saturated carbocycles. The van der Waals surface area contributed by atoms with Gasteiger partial charge in [0, 0.05) is 13.1 Å². The van der Waals surface area contributed by atoms with Gasteiger partial charge in [0.2, 0.25) is 0 Å². The second-order valence-electron chi connectivity index (χ2n) is 4.88. The number of aliphatic carboxylic acids is 1. The molecule has 0 aliphatic heterocycles. The zero-order chi connectivity index (χ0) is 16.6. The van der Waals surface area contributed by atoms with Gasteiger partial charge in [0.15, 0.2) is 0 Å². The summed E-state index contributed by atoms with van der Waals surface area (Å²) in [4.78, 5) is 26.1. The average molecular weight is 313 g/mol. The van der Waals surface area contributed by atoms with Gasteiger partial charge in [-0.25, -0.2) is 4.79 Å². The number of halogens is 3. The molecule has 0 aromatic rings. The Morgan fingerprint density at radius 3 is 2.05 bits per heavy atom. The summed E-state index contributed by atoms with van der Waals surface area (Å²) in [7, 11) is 3.69. The van der Waals surface area contributed by atoms with Crippen LogP contribution in [0, 0.1) is 0 Å². The number of hydrogen-bond donors (Lipinski definition) is 1. The molecule has 124 valence electrons. The fraction of sp³-hybridized carbons (Fsp3) is 0.833. The smallest absolute Gasteiger partial charge is 0.406 e. The molecule has 0 radical (unpaired) electrons. The summed E-state index contributed by atoms with van der Waals surface area (Å²) in [6, 6.07) is -0.906. The quantitative estimate of drug-likeness (QED) is 0.734. The van der Waals surface area contributed by atoms with Gasteiger partial charge in [0.25, 0.3) is 0 Å². The van der Waals surface area contributed by atoms with Crippen molar-refractivity contribution in [1.82, 2.24) is 14.7 Å². The molecule has 0 spiro atoms. The van der Waals surface area contributed by atoms with Crippen molar-refractivity contribution in [3.8, 4) is 0 Å². The number of urea groups is 1. The Morgan fingerprint density at radius 2 is 1.67 bits per heavy atom. The molecule has 2 amide bonds. The van der Waals surface area contributed by atoms with Crippen molar-refractivity contribution in [1.29, 1.82) is 0 Å². The van der Waals surface area contributed by atoms with Gasteiger partial charge in [-0.1, -0.05) is 0 Å². The fourth-order valence-electron chi connectivity index (χ4n) is 1.74. The molecule has 0 saturated heterocycles. The highest BCUT2D eigenvalue weighted by molar-refractivity contribution is 5.80. The third-order valence-corrected chi connectivity index (χ3v) is 2.65. The molecule has 0 fully saturated rings. The first kappa shape index (κ1) is 19.5. The number of alkyl halides is 3. The monoisotopic (exact) mass is 313 g/mol. The normalized spacial score (nSPS) is 11.6. The minimum absolute atomic E-state index is 0.222. The van der Waals surface area contributed by atoms with Crippen molar-refractivity contribution < 1.29 is 27.9 Å². The van der Waals surface area contributed by atoms with Crippen LogP contribution in [0.5, 0.6) is 0 Å². The molecule has 21 heavy (non-hydrogen) atoms. The van der Waals surface area contributed by atoms with Crippen LogP contribution in [0.15, 0.2) is 0 Å². The summed E-state index contributed by atoms with van der Waals surface area (Å²) in [6.07, 6.45) is -4.03. The molecule has 0 unspecified atom stereocenters. The van der Waals surface area contributed by atoms with Crippen LogP contribution in [0.4, 0.5) is 18.0 Å². The summed E-state index contributed by atoms with van der Waals surface area (Å²) in [5.74, 6) is -1.48. The third kappa shape index (κ3) is 9.11. The minimum Gasteiger partial charge on any atom is -0.480 e. The average Bonchev–Trinajstić information content (AvgIpc) is 2.30. The number of carboxylic acids is 1.